The van der Waals surface area contributed by atoms with Crippen LogP contribution in [-0.2, 0) is 23.0 Å². The van der Waals surface area contributed by atoms with E-state index in [1.54, 1.807) is 29.2 Å². The van der Waals surface area contributed by atoms with Gasteiger partial charge in [0.05, 0.1) is 4.90 Å². The lowest BCUT2D eigenvalue weighted by molar-refractivity contribution is 0.0734. The van der Waals surface area contributed by atoms with Gasteiger partial charge in [-0.3, -0.25) is 4.79 Å². The summed E-state index contributed by atoms with van der Waals surface area (Å²) in [5, 5.41) is 5.18. The molecule has 23 heavy (non-hydrogen) atoms. The van der Waals surface area contributed by atoms with E-state index >= 15 is 0 Å². The summed E-state index contributed by atoms with van der Waals surface area (Å²) < 4.78 is 23.9. The van der Waals surface area contributed by atoms with Crippen molar-refractivity contribution in [2.45, 2.75) is 17.9 Å². The van der Waals surface area contributed by atoms with Gasteiger partial charge < -0.3 is 4.90 Å². The minimum absolute atomic E-state index is 0.0656. The van der Waals surface area contributed by atoms with Gasteiger partial charge in [-0.1, -0.05) is 22.0 Å². The van der Waals surface area contributed by atoms with Crippen LogP contribution in [0.25, 0.3) is 0 Å². The zero-order valence-electron chi connectivity index (χ0n) is 12.2. The number of rotatable bonds is 2. The van der Waals surface area contributed by atoms with Gasteiger partial charge in [0.2, 0.25) is 10.0 Å². The van der Waals surface area contributed by atoms with Crippen molar-refractivity contribution in [1.29, 1.82) is 0 Å². The van der Waals surface area contributed by atoms with Crippen molar-refractivity contribution in [3.05, 3.63) is 63.6 Å². The minimum atomic E-state index is -3.74. The average Bonchev–Trinajstić information content (AvgIpc) is 2.53. The third kappa shape index (κ3) is 3.46. The summed E-state index contributed by atoms with van der Waals surface area (Å²) in [6.07, 6.45) is 0.697. The first-order chi connectivity index (χ1) is 10.8. The number of carbonyl (C=O) groups is 1. The number of fused-ring (bicyclic) bond motifs is 1. The van der Waals surface area contributed by atoms with Crippen LogP contribution in [0.3, 0.4) is 0 Å². The highest BCUT2D eigenvalue weighted by Gasteiger charge is 2.23. The minimum Gasteiger partial charge on any atom is -0.334 e. The Kier molecular flexibility index (Phi) is 4.27. The van der Waals surface area contributed by atoms with Gasteiger partial charge in [-0.05, 0) is 53.9 Å². The lowest BCUT2D eigenvalue weighted by atomic mass is 9.99. The molecule has 2 aromatic carbocycles. The Morgan fingerprint density at radius 3 is 2.43 bits per heavy atom. The number of sulfonamides is 1. The van der Waals surface area contributed by atoms with Crippen LogP contribution < -0.4 is 5.14 Å². The molecule has 2 aromatic rings. The largest absolute Gasteiger partial charge is 0.334 e. The van der Waals surface area contributed by atoms with Crippen LogP contribution in [0.4, 0.5) is 0 Å². The fraction of sp³-hybridized carbons (Fsp3) is 0.188. The maximum absolute atomic E-state index is 12.6. The third-order valence-electron chi connectivity index (χ3n) is 3.90. The van der Waals surface area contributed by atoms with Crippen molar-refractivity contribution in [2.75, 3.05) is 6.54 Å². The number of benzene rings is 2. The summed E-state index contributed by atoms with van der Waals surface area (Å²) in [6, 6.07) is 12.0. The van der Waals surface area contributed by atoms with Gasteiger partial charge in [-0.15, -0.1) is 0 Å². The SMILES string of the molecule is NS(=O)(=O)c1ccc2c(c1)CN(C(=O)c1ccc(Br)cc1)CC2. The van der Waals surface area contributed by atoms with Crippen LogP contribution in [0.1, 0.15) is 21.5 Å². The predicted octanol–water partition coefficient (Wildman–Crippen LogP) is 2.30. The molecule has 0 saturated carbocycles. The van der Waals surface area contributed by atoms with E-state index in [4.69, 9.17) is 5.14 Å². The number of hydrogen-bond donors (Lipinski definition) is 1. The molecule has 120 valence electrons. The lowest BCUT2D eigenvalue weighted by Crippen LogP contribution is -2.36. The zero-order valence-corrected chi connectivity index (χ0v) is 14.6. The number of nitrogens with zero attached hydrogens (tertiary/aromatic N) is 1. The molecule has 1 heterocycles. The second kappa shape index (κ2) is 6.07. The van der Waals surface area contributed by atoms with Crippen LogP contribution >= 0.6 is 15.9 Å². The van der Waals surface area contributed by atoms with E-state index in [1.807, 2.05) is 12.1 Å². The summed E-state index contributed by atoms with van der Waals surface area (Å²) in [5.41, 5.74) is 2.49. The zero-order chi connectivity index (χ0) is 16.6. The number of nitrogens with two attached hydrogens (primary N) is 1. The Balaban J connectivity index is 1.87. The highest BCUT2D eigenvalue weighted by atomic mass is 79.9. The molecule has 1 aliphatic rings. The van der Waals surface area contributed by atoms with Crippen molar-refractivity contribution >= 4 is 31.9 Å². The Morgan fingerprint density at radius 2 is 1.78 bits per heavy atom. The van der Waals surface area contributed by atoms with Gasteiger partial charge in [0.1, 0.15) is 0 Å². The first-order valence-corrected chi connectivity index (χ1v) is 9.38. The van der Waals surface area contributed by atoms with E-state index in [-0.39, 0.29) is 10.8 Å². The Morgan fingerprint density at radius 1 is 1.09 bits per heavy atom. The van der Waals surface area contributed by atoms with E-state index in [0.717, 1.165) is 15.6 Å². The monoisotopic (exact) mass is 394 g/mol. The second-order valence-corrected chi connectivity index (χ2v) is 7.94. The molecule has 5 nitrogen and oxygen atoms in total. The van der Waals surface area contributed by atoms with Crippen molar-refractivity contribution < 1.29 is 13.2 Å². The summed E-state index contributed by atoms with van der Waals surface area (Å²) in [6.45, 7) is 0.990. The van der Waals surface area contributed by atoms with Crippen molar-refractivity contribution in [3.8, 4) is 0 Å². The lowest BCUT2D eigenvalue weighted by Gasteiger charge is -2.29. The maximum atomic E-state index is 12.6. The first-order valence-electron chi connectivity index (χ1n) is 7.04. The average molecular weight is 395 g/mol. The van der Waals surface area contributed by atoms with E-state index < -0.39 is 10.0 Å². The van der Waals surface area contributed by atoms with Gasteiger partial charge in [-0.2, -0.15) is 0 Å². The Hall–Kier alpha value is -1.70. The van der Waals surface area contributed by atoms with Crippen molar-refractivity contribution in [2.24, 2.45) is 5.14 Å². The topological polar surface area (TPSA) is 80.5 Å². The highest BCUT2D eigenvalue weighted by Crippen LogP contribution is 2.23. The van der Waals surface area contributed by atoms with Crippen LogP contribution in [-0.4, -0.2) is 25.8 Å². The van der Waals surface area contributed by atoms with Crippen LogP contribution in [0.5, 0.6) is 0 Å². The Bertz CT molecular complexity index is 863. The molecular weight excluding hydrogens is 380 g/mol. The van der Waals surface area contributed by atoms with E-state index in [1.165, 1.54) is 6.07 Å². The number of primary sulfonamides is 1. The molecule has 7 heteroatoms. The summed E-state index contributed by atoms with van der Waals surface area (Å²) in [4.78, 5) is 14.4. The van der Waals surface area contributed by atoms with Gasteiger partial charge in [0.15, 0.2) is 0 Å². The number of amides is 1. The molecule has 0 fully saturated rings. The summed E-state index contributed by atoms with van der Waals surface area (Å²) in [5.74, 6) is -0.0656. The molecule has 0 atom stereocenters. The number of hydrogen-bond acceptors (Lipinski definition) is 3. The van der Waals surface area contributed by atoms with Gasteiger partial charge in [-0.25, -0.2) is 13.6 Å². The van der Waals surface area contributed by atoms with Crippen LogP contribution in [0, 0.1) is 0 Å². The molecular formula is C16H15BrN2O3S. The standard InChI is InChI=1S/C16H15BrN2O3S/c17-14-4-1-12(2-5-14)16(20)19-8-7-11-3-6-15(23(18,21)22)9-13(11)10-19/h1-6,9H,7-8,10H2,(H2,18,21,22). The van der Waals surface area contributed by atoms with E-state index in [0.29, 0.717) is 25.1 Å². The molecule has 0 unspecified atom stereocenters. The predicted molar refractivity (Wildman–Crippen MR) is 90.4 cm³/mol. The van der Waals surface area contributed by atoms with Crippen LogP contribution in [0.15, 0.2) is 51.8 Å². The third-order valence-corrected chi connectivity index (χ3v) is 5.34. The van der Waals surface area contributed by atoms with E-state index in [2.05, 4.69) is 15.9 Å². The Labute approximate surface area is 143 Å². The first kappa shape index (κ1) is 16.2. The molecule has 1 amide bonds. The quantitative estimate of drug-likeness (QED) is 0.848. The second-order valence-electron chi connectivity index (χ2n) is 5.46. The normalized spacial score (nSPS) is 14.4. The number of halogens is 1. The molecule has 3 rings (SSSR count). The van der Waals surface area contributed by atoms with Gasteiger partial charge >= 0.3 is 0 Å². The molecule has 2 N–H and O–H groups in total. The van der Waals surface area contributed by atoms with E-state index in [9.17, 15) is 13.2 Å². The van der Waals surface area contributed by atoms with Crippen molar-refractivity contribution in [1.82, 2.24) is 4.90 Å². The molecule has 0 saturated heterocycles. The maximum Gasteiger partial charge on any atom is 0.254 e. The fourth-order valence-electron chi connectivity index (χ4n) is 2.66. The molecule has 0 bridgehead atoms. The number of carbonyl (C=O) groups excluding carboxylic acids is 1. The van der Waals surface area contributed by atoms with Crippen LogP contribution in [0.2, 0.25) is 0 Å². The van der Waals surface area contributed by atoms with Crippen molar-refractivity contribution in [3.63, 3.8) is 0 Å². The summed E-state index contributed by atoms with van der Waals surface area (Å²) in [7, 11) is -3.74. The fourth-order valence-corrected chi connectivity index (χ4v) is 3.49. The summed E-state index contributed by atoms with van der Waals surface area (Å²) >= 11 is 3.34. The van der Waals surface area contributed by atoms with Gasteiger partial charge in [0, 0.05) is 23.1 Å². The smallest absolute Gasteiger partial charge is 0.254 e. The molecule has 0 aliphatic carbocycles. The molecule has 1 aliphatic heterocycles. The highest BCUT2D eigenvalue weighted by molar-refractivity contribution is 9.10. The molecule has 0 aromatic heterocycles. The molecule has 0 spiro atoms. The van der Waals surface area contributed by atoms with Gasteiger partial charge in [0.25, 0.3) is 5.91 Å². The molecule has 0 radical (unpaired) electrons.